The number of carbonyl (C=O) groups is 1. The highest BCUT2D eigenvalue weighted by molar-refractivity contribution is 5.76. The number of esters is 1. The molecule has 0 aromatic heterocycles. The summed E-state index contributed by atoms with van der Waals surface area (Å²) < 4.78 is 44.6. The molecular formula is C12H14F3NO4. The molecule has 1 aromatic carbocycles. The molecule has 0 saturated heterocycles. The van der Waals surface area contributed by atoms with Crippen LogP contribution in [0.5, 0.6) is 5.75 Å². The summed E-state index contributed by atoms with van der Waals surface area (Å²) in [7, 11) is 0. The summed E-state index contributed by atoms with van der Waals surface area (Å²) in [5.74, 6) is -1.35. The lowest BCUT2D eigenvalue weighted by molar-refractivity contribution is -0.274. The smallest absolute Gasteiger partial charge is 0.465 e. The molecule has 0 fully saturated rings. The fraction of sp³-hybridized carbons (Fsp3) is 0.417. The number of halogens is 3. The maximum Gasteiger partial charge on any atom is 0.573 e. The highest BCUT2D eigenvalue weighted by atomic mass is 19.4. The Labute approximate surface area is 113 Å². The molecule has 3 N–H and O–H groups in total. The van der Waals surface area contributed by atoms with Crippen molar-refractivity contribution in [2.24, 2.45) is 5.73 Å². The SMILES string of the molecule is CCOC(=O)C(N)C(O)c1cccc(OC(F)(F)F)c1. The minimum Gasteiger partial charge on any atom is -0.465 e. The number of carbonyl (C=O) groups excluding carboxylic acids is 1. The molecule has 0 heterocycles. The molecular weight excluding hydrogens is 279 g/mol. The van der Waals surface area contributed by atoms with E-state index in [4.69, 9.17) is 5.73 Å². The Morgan fingerprint density at radius 1 is 1.45 bits per heavy atom. The predicted octanol–water partition coefficient (Wildman–Crippen LogP) is 1.51. The van der Waals surface area contributed by atoms with Gasteiger partial charge in [0, 0.05) is 0 Å². The van der Waals surface area contributed by atoms with Crippen molar-refractivity contribution in [3.63, 3.8) is 0 Å². The third kappa shape index (κ3) is 4.71. The van der Waals surface area contributed by atoms with Crippen molar-refractivity contribution in [1.29, 1.82) is 0 Å². The van der Waals surface area contributed by atoms with Gasteiger partial charge in [-0.05, 0) is 24.6 Å². The second-order valence-corrected chi connectivity index (χ2v) is 3.84. The van der Waals surface area contributed by atoms with E-state index in [2.05, 4.69) is 9.47 Å². The van der Waals surface area contributed by atoms with E-state index in [0.29, 0.717) is 0 Å². The maximum atomic E-state index is 12.1. The lowest BCUT2D eigenvalue weighted by Gasteiger charge is -2.18. The first kappa shape index (κ1) is 16.3. The molecule has 0 saturated carbocycles. The van der Waals surface area contributed by atoms with E-state index < -0.39 is 30.2 Å². The Balaban J connectivity index is 2.85. The maximum absolute atomic E-state index is 12.1. The zero-order valence-electron chi connectivity index (χ0n) is 10.6. The van der Waals surface area contributed by atoms with Gasteiger partial charge in [-0.25, -0.2) is 0 Å². The van der Waals surface area contributed by atoms with Crippen LogP contribution < -0.4 is 10.5 Å². The Hall–Kier alpha value is -1.80. The standard InChI is InChI=1S/C12H14F3NO4/c1-2-19-11(18)9(16)10(17)7-4-3-5-8(6-7)20-12(13,14)15/h3-6,9-10,17H,2,16H2,1H3. The van der Waals surface area contributed by atoms with Gasteiger partial charge in [0.25, 0.3) is 0 Å². The molecule has 0 aliphatic heterocycles. The Bertz CT molecular complexity index is 464. The first-order valence-electron chi connectivity index (χ1n) is 5.70. The Morgan fingerprint density at radius 3 is 2.65 bits per heavy atom. The second-order valence-electron chi connectivity index (χ2n) is 3.84. The summed E-state index contributed by atoms with van der Waals surface area (Å²) in [4.78, 5) is 11.4. The molecule has 112 valence electrons. The van der Waals surface area contributed by atoms with Gasteiger partial charge in [-0.1, -0.05) is 12.1 Å². The van der Waals surface area contributed by atoms with E-state index in [1.54, 1.807) is 6.92 Å². The number of hydrogen-bond donors (Lipinski definition) is 2. The molecule has 1 rings (SSSR count). The zero-order chi connectivity index (χ0) is 15.3. The van der Waals surface area contributed by atoms with Crippen LogP contribution in [0, 0.1) is 0 Å². The van der Waals surface area contributed by atoms with Crippen LogP contribution in [-0.4, -0.2) is 30.1 Å². The van der Waals surface area contributed by atoms with Crippen LogP contribution >= 0.6 is 0 Å². The molecule has 5 nitrogen and oxygen atoms in total. The van der Waals surface area contributed by atoms with Crippen LogP contribution in [0.4, 0.5) is 13.2 Å². The Morgan fingerprint density at radius 2 is 2.10 bits per heavy atom. The van der Waals surface area contributed by atoms with Gasteiger partial charge in [0.1, 0.15) is 17.9 Å². The molecule has 0 radical (unpaired) electrons. The molecule has 20 heavy (non-hydrogen) atoms. The van der Waals surface area contributed by atoms with Gasteiger partial charge in [-0.15, -0.1) is 13.2 Å². The summed E-state index contributed by atoms with van der Waals surface area (Å²) in [6.45, 7) is 1.64. The molecule has 8 heteroatoms. The minimum atomic E-state index is -4.84. The van der Waals surface area contributed by atoms with Crippen molar-refractivity contribution < 1.29 is 32.5 Å². The predicted molar refractivity (Wildman–Crippen MR) is 62.7 cm³/mol. The molecule has 0 amide bonds. The normalized spacial score (nSPS) is 14.5. The molecule has 0 aliphatic carbocycles. The van der Waals surface area contributed by atoms with Crippen LogP contribution in [-0.2, 0) is 9.53 Å². The lowest BCUT2D eigenvalue weighted by Crippen LogP contribution is -2.38. The monoisotopic (exact) mass is 293 g/mol. The van der Waals surface area contributed by atoms with Gasteiger partial charge in [-0.2, -0.15) is 0 Å². The topological polar surface area (TPSA) is 81.8 Å². The third-order valence-corrected chi connectivity index (χ3v) is 2.33. The molecule has 0 aliphatic rings. The zero-order valence-corrected chi connectivity index (χ0v) is 10.6. The number of ether oxygens (including phenoxy) is 2. The van der Waals surface area contributed by atoms with Crippen molar-refractivity contribution in [2.45, 2.75) is 25.4 Å². The quantitative estimate of drug-likeness (QED) is 0.804. The highest BCUT2D eigenvalue weighted by Crippen LogP contribution is 2.26. The molecule has 1 aromatic rings. The van der Waals surface area contributed by atoms with Crippen LogP contribution in [0.2, 0.25) is 0 Å². The van der Waals surface area contributed by atoms with Crippen molar-refractivity contribution in [3.05, 3.63) is 29.8 Å². The van der Waals surface area contributed by atoms with E-state index >= 15 is 0 Å². The number of aliphatic hydroxyl groups is 1. The van der Waals surface area contributed by atoms with Gasteiger partial charge >= 0.3 is 12.3 Å². The lowest BCUT2D eigenvalue weighted by atomic mass is 10.0. The van der Waals surface area contributed by atoms with E-state index in [0.717, 1.165) is 12.1 Å². The van der Waals surface area contributed by atoms with Crippen molar-refractivity contribution in [1.82, 2.24) is 0 Å². The summed E-state index contributed by atoms with van der Waals surface area (Å²) in [5.41, 5.74) is 5.49. The number of hydrogen-bond acceptors (Lipinski definition) is 5. The second kappa shape index (κ2) is 6.58. The summed E-state index contributed by atoms with van der Waals surface area (Å²) in [6, 6.07) is 3.21. The number of benzene rings is 1. The van der Waals surface area contributed by atoms with E-state index in [1.165, 1.54) is 12.1 Å². The van der Waals surface area contributed by atoms with Crippen LogP contribution in [0.3, 0.4) is 0 Å². The molecule has 0 spiro atoms. The summed E-state index contributed by atoms with van der Waals surface area (Å²) in [6.07, 6.45) is -6.34. The Kier molecular flexibility index (Phi) is 5.34. The van der Waals surface area contributed by atoms with Gasteiger partial charge in [0.05, 0.1) is 6.61 Å². The summed E-state index contributed by atoms with van der Waals surface area (Å²) >= 11 is 0. The first-order chi connectivity index (χ1) is 9.24. The number of nitrogens with two attached hydrogens (primary N) is 1. The van der Waals surface area contributed by atoms with Gasteiger partial charge < -0.3 is 20.3 Å². The molecule has 0 bridgehead atoms. The largest absolute Gasteiger partial charge is 0.573 e. The fourth-order valence-corrected chi connectivity index (χ4v) is 1.47. The van der Waals surface area contributed by atoms with Crippen molar-refractivity contribution in [2.75, 3.05) is 6.61 Å². The van der Waals surface area contributed by atoms with Crippen molar-refractivity contribution in [3.8, 4) is 5.75 Å². The van der Waals surface area contributed by atoms with Gasteiger partial charge in [0.15, 0.2) is 0 Å². The first-order valence-corrected chi connectivity index (χ1v) is 5.70. The van der Waals surface area contributed by atoms with Crippen LogP contribution in [0.25, 0.3) is 0 Å². The van der Waals surface area contributed by atoms with Crippen LogP contribution in [0.1, 0.15) is 18.6 Å². The molecule has 2 unspecified atom stereocenters. The average molecular weight is 293 g/mol. The number of rotatable bonds is 5. The molecule has 2 atom stereocenters. The minimum absolute atomic E-state index is 0.0207. The van der Waals surface area contributed by atoms with E-state index in [-0.39, 0.29) is 12.2 Å². The van der Waals surface area contributed by atoms with E-state index in [9.17, 15) is 23.1 Å². The van der Waals surface area contributed by atoms with Crippen molar-refractivity contribution >= 4 is 5.97 Å². The number of alkyl halides is 3. The third-order valence-electron chi connectivity index (χ3n) is 2.33. The fourth-order valence-electron chi connectivity index (χ4n) is 1.47. The van der Waals surface area contributed by atoms with Crippen LogP contribution in [0.15, 0.2) is 24.3 Å². The average Bonchev–Trinajstić information content (AvgIpc) is 2.35. The summed E-state index contributed by atoms with van der Waals surface area (Å²) in [5, 5.41) is 9.85. The van der Waals surface area contributed by atoms with Gasteiger partial charge in [-0.3, -0.25) is 4.79 Å². The van der Waals surface area contributed by atoms with E-state index in [1.807, 2.05) is 0 Å². The van der Waals surface area contributed by atoms with Gasteiger partial charge in [0.2, 0.25) is 0 Å². The number of aliphatic hydroxyl groups excluding tert-OH is 1. The highest BCUT2D eigenvalue weighted by Gasteiger charge is 2.32.